The van der Waals surface area contributed by atoms with Gasteiger partial charge in [-0.3, -0.25) is 4.79 Å². The summed E-state index contributed by atoms with van der Waals surface area (Å²) in [6.45, 7) is 0. The van der Waals surface area contributed by atoms with Gasteiger partial charge in [0.25, 0.3) is 0 Å². The second kappa shape index (κ2) is 1.69. The van der Waals surface area contributed by atoms with E-state index in [0.29, 0.717) is 11.7 Å². The number of hydrogen-bond donors (Lipinski definition) is 0. The SMILES string of the molecule is O=C1C=CC1C1CCC1. The number of carbonyl (C=O) groups is 1. The van der Waals surface area contributed by atoms with E-state index >= 15 is 0 Å². The van der Waals surface area contributed by atoms with E-state index in [2.05, 4.69) is 0 Å². The van der Waals surface area contributed by atoms with Crippen LogP contribution in [0.4, 0.5) is 0 Å². The highest BCUT2D eigenvalue weighted by Gasteiger charge is 2.33. The van der Waals surface area contributed by atoms with Gasteiger partial charge in [0.15, 0.2) is 5.78 Å². The molecule has 0 amide bonds. The van der Waals surface area contributed by atoms with Crippen molar-refractivity contribution in [2.45, 2.75) is 19.3 Å². The molecule has 0 aliphatic heterocycles. The van der Waals surface area contributed by atoms with Crippen molar-refractivity contribution in [1.29, 1.82) is 0 Å². The summed E-state index contributed by atoms with van der Waals surface area (Å²) >= 11 is 0. The first-order chi connectivity index (χ1) is 4.38. The Kier molecular flexibility index (Phi) is 0.981. The molecule has 1 nitrogen and oxygen atoms in total. The first kappa shape index (κ1) is 5.21. The van der Waals surface area contributed by atoms with Gasteiger partial charge in [-0.25, -0.2) is 0 Å². The molecule has 0 bridgehead atoms. The summed E-state index contributed by atoms with van der Waals surface area (Å²) in [5.74, 6) is 1.42. The molecule has 0 aromatic rings. The Morgan fingerprint density at radius 1 is 1.44 bits per heavy atom. The molecule has 0 spiro atoms. The largest absolute Gasteiger partial charge is 0.294 e. The highest BCUT2D eigenvalue weighted by atomic mass is 16.1. The fourth-order valence-electron chi connectivity index (χ4n) is 1.47. The van der Waals surface area contributed by atoms with Crippen LogP contribution in [0.2, 0.25) is 0 Å². The summed E-state index contributed by atoms with van der Waals surface area (Å²) in [5, 5.41) is 0. The molecule has 0 heterocycles. The molecular weight excluding hydrogens is 112 g/mol. The number of hydrogen-bond acceptors (Lipinski definition) is 1. The van der Waals surface area contributed by atoms with Crippen LogP contribution in [0.5, 0.6) is 0 Å². The summed E-state index contributed by atoms with van der Waals surface area (Å²) in [6.07, 6.45) is 7.64. The van der Waals surface area contributed by atoms with E-state index in [9.17, 15) is 4.79 Å². The lowest BCUT2D eigenvalue weighted by molar-refractivity contribution is -0.120. The van der Waals surface area contributed by atoms with Gasteiger partial charge in [-0.15, -0.1) is 0 Å². The van der Waals surface area contributed by atoms with Crippen molar-refractivity contribution in [2.24, 2.45) is 11.8 Å². The Morgan fingerprint density at radius 3 is 2.33 bits per heavy atom. The number of rotatable bonds is 1. The standard InChI is InChI=1S/C8H10O/c9-8-5-4-7(8)6-2-1-3-6/h4-7H,1-3H2. The third kappa shape index (κ3) is 0.640. The van der Waals surface area contributed by atoms with Crippen LogP contribution < -0.4 is 0 Å². The lowest BCUT2D eigenvalue weighted by atomic mass is 9.70. The van der Waals surface area contributed by atoms with Gasteiger partial charge in [0.05, 0.1) is 0 Å². The van der Waals surface area contributed by atoms with Crippen molar-refractivity contribution in [3.05, 3.63) is 12.2 Å². The van der Waals surface area contributed by atoms with Gasteiger partial charge in [-0.1, -0.05) is 12.5 Å². The molecule has 2 aliphatic carbocycles. The maximum atomic E-state index is 10.8. The lowest BCUT2D eigenvalue weighted by Gasteiger charge is -2.33. The molecular formula is C8H10O. The lowest BCUT2D eigenvalue weighted by Crippen LogP contribution is -2.30. The maximum Gasteiger partial charge on any atom is 0.162 e. The molecule has 2 aliphatic rings. The third-order valence-corrected chi connectivity index (χ3v) is 2.45. The predicted octanol–water partition coefficient (Wildman–Crippen LogP) is 1.54. The number of ketones is 1. The molecule has 0 N–H and O–H groups in total. The average molecular weight is 122 g/mol. The predicted molar refractivity (Wildman–Crippen MR) is 35.0 cm³/mol. The van der Waals surface area contributed by atoms with Gasteiger partial charge in [-0.2, -0.15) is 0 Å². The van der Waals surface area contributed by atoms with Crippen molar-refractivity contribution in [2.75, 3.05) is 0 Å². The van der Waals surface area contributed by atoms with Crippen LogP contribution in [0.1, 0.15) is 19.3 Å². The van der Waals surface area contributed by atoms with Crippen molar-refractivity contribution in [3.63, 3.8) is 0 Å². The monoisotopic (exact) mass is 122 g/mol. The molecule has 0 aromatic heterocycles. The first-order valence-electron chi connectivity index (χ1n) is 3.60. The highest BCUT2D eigenvalue weighted by Crippen LogP contribution is 2.37. The Balaban J connectivity index is 1.99. The van der Waals surface area contributed by atoms with Gasteiger partial charge >= 0.3 is 0 Å². The zero-order chi connectivity index (χ0) is 6.27. The van der Waals surface area contributed by atoms with Crippen molar-refractivity contribution in [3.8, 4) is 0 Å². The minimum Gasteiger partial charge on any atom is -0.294 e. The van der Waals surface area contributed by atoms with Crippen molar-refractivity contribution >= 4 is 5.78 Å². The van der Waals surface area contributed by atoms with E-state index in [0.717, 1.165) is 5.92 Å². The zero-order valence-electron chi connectivity index (χ0n) is 5.34. The molecule has 1 unspecified atom stereocenters. The van der Waals surface area contributed by atoms with Crippen molar-refractivity contribution < 1.29 is 4.79 Å². The van der Waals surface area contributed by atoms with Gasteiger partial charge in [0.2, 0.25) is 0 Å². The zero-order valence-corrected chi connectivity index (χ0v) is 5.34. The van der Waals surface area contributed by atoms with E-state index in [-0.39, 0.29) is 0 Å². The average Bonchev–Trinajstić information content (AvgIpc) is 1.74. The molecule has 0 radical (unpaired) electrons. The molecule has 1 saturated carbocycles. The second-order valence-corrected chi connectivity index (χ2v) is 2.98. The summed E-state index contributed by atoms with van der Waals surface area (Å²) in [7, 11) is 0. The van der Waals surface area contributed by atoms with Crippen LogP contribution in [0.15, 0.2) is 12.2 Å². The summed E-state index contributed by atoms with van der Waals surface area (Å²) in [5.41, 5.74) is 0. The minimum absolute atomic E-state index is 0.332. The Bertz CT molecular complexity index is 165. The van der Waals surface area contributed by atoms with Crippen LogP contribution in [-0.2, 0) is 4.79 Å². The van der Waals surface area contributed by atoms with Crippen LogP contribution in [0.25, 0.3) is 0 Å². The van der Waals surface area contributed by atoms with Gasteiger partial charge in [-0.05, 0) is 24.8 Å². The van der Waals surface area contributed by atoms with Crippen LogP contribution in [0.3, 0.4) is 0 Å². The molecule has 9 heavy (non-hydrogen) atoms. The molecule has 1 atom stereocenters. The van der Waals surface area contributed by atoms with Crippen LogP contribution >= 0.6 is 0 Å². The minimum atomic E-state index is 0.332. The quantitative estimate of drug-likeness (QED) is 0.515. The summed E-state index contributed by atoms with van der Waals surface area (Å²) in [4.78, 5) is 10.8. The Morgan fingerprint density at radius 2 is 2.22 bits per heavy atom. The first-order valence-corrected chi connectivity index (χ1v) is 3.60. The van der Waals surface area contributed by atoms with E-state index in [4.69, 9.17) is 0 Å². The molecule has 2 rings (SSSR count). The smallest absolute Gasteiger partial charge is 0.162 e. The Labute approximate surface area is 54.8 Å². The molecule has 1 fully saturated rings. The number of carbonyl (C=O) groups excluding carboxylic acids is 1. The summed E-state index contributed by atoms with van der Waals surface area (Å²) in [6, 6.07) is 0. The molecule has 48 valence electrons. The van der Waals surface area contributed by atoms with Crippen molar-refractivity contribution in [1.82, 2.24) is 0 Å². The van der Waals surface area contributed by atoms with E-state index in [1.165, 1.54) is 19.3 Å². The third-order valence-electron chi connectivity index (χ3n) is 2.45. The highest BCUT2D eigenvalue weighted by molar-refractivity contribution is 5.99. The van der Waals surface area contributed by atoms with Crippen LogP contribution in [-0.4, -0.2) is 5.78 Å². The fraction of sp³-hybridized carbons (Fsp3) is 0.625. The van der Waals surface area contributed by atoms with E-state index in [1.807, 2.05) is 6.08 Å². The Hall–Kier alpha value is -0.590. The van der Waals surface area contributed by atoms with Gasteiger partial charge in [0, 0.05) is 5.92 Å². The molecule has 0 saturated heterocycles. The van der Waals surface area contributed by atoms with Gasteiger partial charge in [0.1, 0.15) is 0 Å². The second-order valence-electron chi connectivity index (χ2n) is 2.98. The summed E-state index contributed by atoms with van der Waals surface area (Å²) < 4.78 is 0. The van der Waals surface area contributed by atoms with E-state index in [1.54, 1.807) is 6.08 Å². The van der Waals surface area contributed by atoms with E-state index < -0.39 is 0 Å². The molecule has 0 aromatic carbocycles. The van der Waals surface area contributed by atoms with Gasteiger partial charge < -0.3 is 0 Å². The number of allylic oxidation sites excluding steroid dienone is 2. The fourth-order valence-corrected chi connectivity index (χ4v) is 1.47. The topological polar surface area (TPSA) is 17.1 Å². The normalized spacial score (nSPS) is 33.8. The maximum absolute atomic E-state index is 10.8. The van der Waals surface area contributed by atoms with Crippen LogP contribution in [0, 0.1) is 11.8 Å². The molecule has 1 heteroatoms.